The molecule has 0 N–H and O–H groups in total. The number of hydrogen-bond donors (Lipinski definition) is 0. The standard InChI is InChI=1S/C18H19NO2/c1-12-14-7-8-15(18(14)9-10-18)16(12)17(21)19(11-20)13-5-3-2-4-6-13/h2-8,11-12,14-16H,9-10H2,1H3. The molecule has 3 aliphatic carbocycles. The molecular formula is C18H19NO2. The molecule has 2 amide bonds. The van der Waals surface area contributed by atoms with Gasteiger partial charge in [0.2, 0.25) is 12.3 Å². The van der Waals surface area contributed by atoms with Crippen LogP contribution in [0, 0.1) is 29.1 Å². The molecule has 4 rings (SSSR count). The summed E-state index contributed by atoms with van der Waals surface area (Å²) in [6.45, 7) is 2.17. The number of amides is 2. The van der Waals surface area contributed by atoms with Gasteiger partial charge in [-0.3, -0.25) is 14.5 Å². The van der Waals surface area contributed by atoms with Gasteiger partial charge in [0.25, 0.3) is 0 Å². The summed E-state index contributed by atoms with van der Waals surface area (Å²) in [7, 11) is 0. The minimum Gasteiger partial charge on any atom is -0.278 e. The van der Waals surface area contributed by atoms with Crippen LogP contribution in [-0.4, -0.2) is 12.3 Å². The maximum atomic E-state index is 13.0. The molecule has 0 saturated heterocycles. The first-order valence-corrected chi connectivity index (χ1v) is 7.71. The van der Waals surface area contributed by atoms with Crippen molar-refractivity contribution < 1.29 is 9.59 Å². The van der Waals surface area contributed by atoms with Crippen molar-refractivity contribution in [1.29, 1.82) is 0 Å². The number of carbonyl (C=O) groups is 2. The van der Waals surface area contributed by atoms with Crippen molar-refractivity contribution in [3.05, 3.63) is 42.5 Å². The van der Waals surface area contributed by atoms with Crippen LogP contribution in [0.2, 0.25) is 0 Å². The SMILES string of the molecule is CC1C(C(=O)N(C=O)c2ccccc2)C2C=CC1C21CC1. The zero-order chi connectivity index (χ0) is 14.6. The summed E-state index contributed by atoms with van der Waals surface area (Å²) in [6.07, 6.45) is 7.67. The highest BCUT2D eigenvalue weighted by molar-refractivity contribution is 6.08. The zero-order valence-electron chi connectivity index (χ0n) is 12.1. The van der Waals surface area contributed by atoms with Crippen LogP contribution in [0.25, 0.3) is 0 Å². The summed E-state index contributed by atoms with van der Waals surface area (Å²) in [6, 6.07) is 9.22. The summed E-state index contributed by atoms with van der Waals surface area (Å²) in [5.74, 6) is 1.11. The van der Waals surface area contributed by atoms with Gasteiger partial charge in [-0.15, -0.1) is 0 Å². The molecule has 3 aliphatic rings. The van der Waals surface area contributed by atoms with Gasteiger partial charge in [0.05, 0.1) is 5.69 Å². The highest BCUT2D eigenvalue weighted by Gasteiger charge is 2.67. The summed E-state index contributed by atoms with van der Waals surface area (Å²) < 4.78 is 0. The van der Waals surface area contributed by atoms with Gasteiger partial charge in [-0.25, -0.2) is 0 Å². The topological polar surface area (TPSA) is 37.4 Å². The van der Waals surface area contributed by atoms with Crippen molar-refractivity contribution in [2.75, 3.05) is 4.90 Å². The van der Waals surface area contributed by atoms with E-state index in [0.717, 1.165) is 0 Å². The predicted octanol–water partition coefficient (Wildman–Crippen LogP) is 3.02. The van der Waals surface area contributed by atoms with E-state index in [1.807, 2.05) is 30.3 Å². The minimum atomic E-state index is -0.0482. The molecule has 2 bridgehead atoms. The van der Waals surface area contributed by atoms with Crippen molar-refractivity contribution >= 4 is 18.0 Å². The third-order valence-electron chi connectivity index (χ3n) is 5.86. The minimum absolute atomic E-state index is 0.0353. The summed E-state index contributed by atoms with van der Waals surface area (Å²) in [5.41, 5.74) is 1.02. The Bertz CT molecular complexity index is 617. The number of anilines is 1. The second-order valence-electron chi connectivity index (χ2n) is 6.70. The molecule has 3 nitrogen and oxygen atoms in total. The number of rotatable bonds is 3. The Hall–Kier alpha value is -1.90. The molecule has 1 spiro atoms. The van der Waals surface area contributed by atoms with Gasteiger partial charge in [-0.2, -0.15) is 0 Å². The molecule has 21 heavy (non-hydrogen) atoms. The van der Waals surface area contributed by atoms with Crippen LogP contribution >= 0.6 is 0 Å². The second-order valence-corrected chi connectivity index (χ2v) is 6.70. The monoisotopic (exact) mass is 281 g/mol. The molecule has 0 aromatic heterocycles. The van der Waals surface area contributed by atoms with E-state index in [2.05, 4.69) is 19.1 Å². The molecule has 4 atom stereocenters. The van der Waals surface area contributed by atoms with Crippen molar-refractivity contribution in [3.8, 4) is 0 Å². The number of allylic oxidation sites excluding steroid dienone is 2. The van der Waals surface area contributed by atoms with Crippen LogP contribution in [0.1, 0.15) is 19.8 Å². The van der Waals surface area contributed by atoms with E-state index < -0.39 is 0 Å². The van der Waals surface area contributed by atoms with E-state index in [-0.39, 0.29) is 11.8 Å². The lowest BCUT2D eigenvalue weighted by Crippen LogP contribution is -2.39. The third kappa shape index (κ3) is 1.60. The van der Waals surface area contributed by atoms with Crippen LogP contribution in [0.4, 0.5) is 5.69 Å². The first-order valence-electron chi connectivity index (χ1n) is 7.71. The molecule has 0 aliphatic heterocycles. The molecule has 0 radical (unpaired) electrons. The van der Waals surface area contributed by atoms with Gasteiger partial charge >= 0.3 is 0 Å². The number of nitrogens with zero attached hydrogens (tertiary/aromatic N) is 1. The number of benzene rings is 1. The molecule has 1 aromatic carbocycles. The van der Waals surface area contributed by atoms with E-state index in [4.69, 9.17) is 0 Å². The van der Waals surface area contributed by atoms with Crippen LogP contribution in [-0.2, 0) is 9.59 Å². The lowest BCUT2D eigenvalue weighted by Gasteiger charge is -2.27. The highest BCUT2D eigenvalue weighted by Crippen LogP contribution is 2.72. The number of imide groups is 1. The zero-order valence-corrected chi connectivity index (χ0v) is 12.1. The fourth-order valence-electron chi connectivity index (χ4n) is 4.75. The van der Waals surface area contributed by atoms with Crippen LogP contribution < -0.4 is 4.90 Å². The molecule has 2 fully saturated rings. The number of para-hydroxylation sites is 1. The van der Waals surface area contributed by atoms with E-state index in [1.165, 1.54) is 17.7 Å². The van der Waals surface area contributed by atoms with E-state index in [9.17, 15) is 9.59 Å². The Morgan fingerprint density at radius 3 is 2.43 bits per heavy atom. The van der Waals surface area contributed by atoms with Gasteiger partial charge < -0.3 is 0 Å². The Morgan fingerprint density at radius 1 is 1.19 bits per heavy atom. The quantitative estimate of drug-likeness (QED) is 0.631. The van der Waals surface area contributed by atoms with Crippen molar-refractivity contribution in [2.45, 2.75) is 19.8 Å². The van der Waals surface area contributed by atoms with E-state index in [1.54, 1.807) is 0 Å². The van der Waals surface area contributed by atoms with Crippen LogP contribution in [0.3, 0.4) is 0 Å². The van der Waals surface area contributed by atoms with E-state index >= 15 is 0 Å². The Kier molecular flexibility index (Phi) is 2.62. The average Bonchev–Trinajstić information content (AvgIpc) is 3.16. The van der Waals surface area contributed by atoms with Crippen molar-refractivity contribution in [3.63, 3.8) is 0 Å². The number of carbonyl (C=O) groups excluding carboxylic acids is 2. The summed E-state index contributed by atoms with van der Waals surface area (Å²) >= 11 is 0. The maximum Gasteiger partial charge on any atom is 0.237 e. The molecule has 3 heteroatoms. The first-order chi connectivity index (χ1) is 10.2. The van der Waals surface area contributed by atoms with E-state index in [0.29, 0.717) is 35.3 Å². The van der Waals surface area contributed by atoms with Gasteiger partial charge in [0.15, 0.2) is 0 Å². The lowest BCUT2D eigenvalue weighted by molar-refractivity contribution is -0.126. The largest absolute Gasteiger partial charge is 0.278 e. The molecule has 0 heterocycles. The summed E-state index contributed by atoms with van der Waals surface area (Å²) in [5, 5.41) is 0. The molecule has 108 valence electrons. The summed E-state index contributed by atoms with van der Waals surface area (Å²) in [4.78, 5) is 25.7. The first kappa shape index (κ1) is 12.8. The normalized spacial score (nSPS) is 34.1. The Balaban J connectivity index is 1.66. The van der Waals surface area contributed by atoms with Gasteiger partial charge in [-0.1, -0.05) is 37.3 Å². The van der Waals surface area contributed by atoms with Gasteiger partial charge in [-0.05, 0) is 48.1 Å². The fourth-order valence-corrected chi connectivity index (χ4v) is 4.75. The van der Waals surface area contributed by atoms with Gasteiger partial charge in [0.1, 0.15) is 0 Å². The van der Waals surface area contributed by atoms with Crippen molar-refractivity contribution in [1.82, 2.24) is 0 Å². The molecule has 2 saturated carbocycles. The van der Waals surface area contributed by atoms with Crippen molar-refractivity contribution in [2.24, 2.45) is 29.1 Å². The Labute approximate surface area is 124 Å². The molecule has 1 aromatic rings. The van der Waals surface area contributed by atoms with Crippen LogP contribution in [0.15, 0.2) is 42.5 Å². The molecular weight excluding hydrogens is 262 g/mol. The van der Waals surface area contributed by atoms with Crippen LogP contribution in [0.5, 0.6) is 0 Å². The lowest BCUT2D eigenvalue weighted by atomic mass is 9.83. The average molecular weight is 281 g/mol. The Morgan fingerprint density at radius 2 is 1.86 bits per heavy atom. The van der Waals surface area contributed by atoms with Gasteiger partial charge in [0, 0.05) is 5.92 Å². The smallest absolute Gasteiger partial charge is 0.237 e. The second kappa shape index (κ2) is 4.30. The number of hydrogen-bond acceptors (Lipinski definition) is 2. The fraction of sp³-hybridized carbons (Fsp3) is 0.444. The maximum absolute atomic E-state index is 13.0. The predicted molar refractivity (Wildman–Crippen MR) is 80.4 cm³/mol. The highest BCUT2D eigenvalue weighted by atomic mass is 16.2. The third-order valence-corrected chi connectivity index (χ3v) is 5.86. The molecule has 4 unspecified atom stereocenters.